The van der Waals surface area contributed by atoms with Crippen LogP contribution < -0.4 is 0 Å². The largest absolute Gasteiger partial charge is 0.459 e. The molecule has 0 saturated carbocycles. The first kappa shape index (κ1) is 89.2. The van der Waals surface area contributed by atoms with Crippen LogP contribution in [0.1, 0.15) is 113 Å². The second kappa shape index (κ2) is 43.0. The van der Waals surface area contributed by atoms with Crippen molar-refractivity contribution in [3.63, 3.8) is 0 Å². The van der Waals surface area contributed by atoms with Gasteiger partial charge in [-0.05, 0) is 109 Å². The van der Waals surface area contributed by atoms with Crippen LogP contribution in [0.4, 0.5) is 0 Å². The number of rotatable bonds is 31. The van der Waals surface area contributed by atoms with Crippen LogP contribution in [-0.2, 0) is 94.7 Å². The van der Waals surface area contributed by atoms with Crippen molar-refractivity contribution in [3.05, 3.63) is 369 Å². The smallest absolute Gasteiger partial charge is 0.338 e. The highest BCUT2D eigenvalue weighted by atomic mass is 16.8. The molecule has 6 saturated heterocycles. The lowest BCUT2D eigenvalue weighted by Crippen LogP contribution is -2.70. The van der Waals surface area contributed by atoms with Crippen molar-refractivity contribution >= 4 is 47.8 Å². The number of carbonyl (C=O) groups is 8. The van der Waals surface area contributed by atoms with Crippen LogP contribution in [0.3, 0.4) is 0 Å². The normalized spacial score (nSPS) is 27.5. The number of benzene rings is 10. The fourth-order valence-corrected chi connectivity index (χ4v) is 15.5. The Labute approximate surface area is 738 Å². The average Bonchev–Trinajstić information content (AvgIpc) is 0.747. The predicted octanol–water partition coefficient (Wildman–Crippen LogP) is 12.4. The van der Waals surface area contributed by atoms with E-state index in [1.165, 1.54) is 97.1 Å². The number of azide groups is 1. The summed E-state index contributed by atoms with van der Waals surface area (Å²) in [6.07, 6.45) is -39.8. The Kier molecular flexibility index (Phi) is 29.7. The van der Waals surface area contributed by atoms with E-state index >= 15 is 19.2 Å². The molecular formula is C97H87N3O29. The minimum absolute atomic E-state index is 0.00359. The first-order valence-corrected chi connectivity index (χ1v) is 41.7. The highest BCUT2D eigenvalue weighted by Gasteiger charge is 2.63. The maximum atomic E-state index is 15.7. The van der Waals surface area contributed by atoms with E-state index in [9.17, 15) is 29.8 Å². The molecule has 10 aromatic rings. The van der Waals surface area contributed by atoms with E-state index in [2.05, 4.69) is 10.0 Å². The second-order valence-corrected chi connectivity index (χ2v) is 30.3. The van der Waals surface area contributed by atoms with E-state index in [0.29, 0.717) is 11.1 Å². The van der Waals surface area contributed by atoms with Gasteiger partial charge in [-0.3, -0.25) is 0 Å². The molecule has 6 aliphatic rings. The van der Waals surface area contributed by atoms with Gasteiger partial charge in [-0.2, -0.15) is 0 Å². The maximum Gasteiger partial charge on any atom is 0.338 e. The lowest BCUT2D eigenvalue weighted by atomic mass is 9.94. The van der Waals surface area contributed by atoms with Crippen LogP contribution in [0.5, 0.6) is 0 Å². The van der Waals surface area contributed by atoms with Crippen LogP contribution >= 0.6 is 0 Å². The van der Waals surface area contributed by atoms with Gasteiger partial charge in [0.1, 0.15) is 74.3 Å². The van der Waals surface area contributed by atoms with E-state index < -0.39 is 203 Å². The SMILES string of the molecule is [N-]=[N+]=NCCCO[C@@H]1O[C@H](COC(=O)c2ccccc2)[C@@H](O[C@@H]2O[C@@H]3COC(c4ccccc4)O[C@H]3[C@H](O[C@@H]3O[C@H](COC(=O)c4ccccc4)[C@@H](O[C@@H]4O[C@@H]5COC(c6ccccc6)O[C@H]5[C@H](O)[C@H]4OC(=O)c4ccccc4)[C@H](OC(=O)c4ccccc4)[C@H]3OC(=O)c3ccccc3)[C@H]2OC(=O)c2ccccc2)[C@H](OC(=O)c2ccccc2)[C@H]1OC(=O)c1ccccc1. The number of carbonyl (C=O) groups excluding carboxylic acids is 8. The van der Waals surface area contributed by atoms with E-state index in [1.54, 1.807) is 206 Å². The molecule has 16 rings (SSSR count). The van der Waals surface area contributed by atoms with Gasteiger partial charge in [0.2, 0.25) is 0 Å². The highest BCUT2D eigenvalue weighted by molar-refractivity contribution is 5.93. The van der Waals surface area contributed by atoms with Crippen LogP contribution in [0, 0.1) is 0 Å². The predicted molar refractivity (Wildman–Crippen MR) is 447 cm³/mol. The number of hydrogen-bond acceptors (Lipinski definition) is 30. The third-order valence-corrected chi connectivity index (χ3v) is 21.8. The van der Waals surface area contributed by atoms with Crippen molar-refractivity contribution < 1.29 is 138 Å². The summed E-state index contributed by atoms with van der Waals surface area (Å²) in [6, 6.07) is 79.2. The number of ether oxygens (including phenoxy) is 20. The Balaban J connectivity index is 0.862. The number of nitrogens with zero attached hydrogens (tertiary/aromatic N) is 3. The first-order valence-electron chi connectivity index (χ1n) is 41.7. The molecule has 0 bridgehead atoms. The minimum atomic E-state index is -2.26. The molecule has 6 fully saturated rings. The number of aliphatic hydroxyl groups is 1. The topological polar surface area (TPSA) is 390 Å². The van der Waals surface area contributed by atoms with E-state index in [4.69, 9.17) is 94.7 Å². The van der Waals surface area contributed by atoms with E-state index in [0.717, 1.165) is 0 Å². The van der Waals surface area contributed by atoms with Crippen molar-refractivity contribution in [2.75, 3.05) is 39.6 Å². The molecule has 6 aliphatic heterocycles. The number of esters is 8. The van der Waals surface area contributed by atoms with Crippen molar-refractivity contribution in [2.45, 2.75) is 142 Å². The van der Waals surface area contributed by atoms with Gasteiger partial charge >= 0.3 is 47.8 Å². The molecule has 32 nitrogen and oxygen atoms in total. The summed E-state index contributed by atoms with van der Waals surface area (Å²) < 4.78 is 135. The van der Waals surface area contributed by atoms with Gasteiger partial charge in [0.25, 0.3) is 0 Å². The van der Waals surface area contributed by atoms with Gasteiger partial charge in [0, 0.05) is 22.6 Å². The molecule has 129 heavy (non-hydrogen) atoms. The molecule has 32 heteroatoms. The Morgan fingerprint density at radius 2 is 0.597 bits per heavy atom. The standard InChI is InChI=1S/C97H87N3O29/c98-100-99-52-31-53-110-94-81(122-89(107)63-42-21-6-22-43-63)78(120-87(105)61-38-17-4-18-39-61)74(69(115-94)54-111-84(102)58-32-11-1-12-33-58)128-96-83(124-91(109)65-46-25-8-26-47-65)80(76-71(118-96)57-114-93(126-76)67-50-29-10-30-51-67)129-97-82(123-90(108)64-44-23-7-24-45-64)79(121-88(106)62-40-19-5-20-41-62)75(70(117-97)55-112-85(103)59-34-13-2-14-35-59)127-95-77(119-86(104)60-36-15-3-16-37-60)72(101)73-68(116-95)56-113-92(125-73)66-48-27-9-28-49-66/h1-30,32-51,68-83,92-97,101H,31,52-57H2/t68-,69-,70-,71-,72+,73-,74-,75-,76-,77-,78+,79+,80+,81-,82-,83-,92?,93?,94-,95+,96+,97+/m1/s1. The molecule has 6 heterocycles. The summed E-state index contributed by atoms with van der Waals surface area (Å²) in [5.74, 6) is -8.14. The summed E-state index contributed by atoms with van der Waals surface area (Å²) in [6.45, 7) is -2.75. The van der Waals surface area contributed by atoms with Crippen molar-refractivity contribution in [3.8, 4) is 0 Å². The van der Waals surface area contributed by atoms with Gasteiger partial charge in [-0.25, -0.2) is 38.4 Å². The summed E-state index contributed by atoms with van der Waals surface area (Å²) in [5, 5.41) is 16.6. The monoisotopic (exact) mass is 1760 g/mol. The average molecular weight is 1760 g/mol. The van der Waals surface area contributed by atoms with Crippen molar-refractivity contribution in [2.24, 2.45) is 5.11 Å². The summed E-state index contributed by atoms with van der Waals surface area (Å²) in [5.41, 5.74) is 10.2. The van der Waals surface area contributed by atoms with Crippen molar-refractivity contribution in [1.82, 2.24) is 0 Å². The molecule has 0 amide bonds. The molecule has 22 atom stereocenters. The summed E-state index contributed by atoms with van der Waals surface area (Å²) in [7, 11) is 0. The molecular weight excluding hydrogens is 1670 g/mol. The highest BCUT2D eigenvalue weighted by Crippen LogP contribution is 2.45. The Bertz CT molecular complexity index is 5440. The Hall–Kier alpha value is -13.3. The molecule has 1 N–H and O–H groups in total. The number of fused-ring (bicyclic) bond motifs is 2. The molecule has 0 aliphatic carbocycles. The lowest BCUT2D eigenvalue weighted by Gasteiger charge is -2.53. The molecule has 10 aromatic carbocycles. The van der Waals surface area contributed by atoms with Crippen LogP contribution in [0.15, 0.2) is 308 Å². The van der Waals surface area contributed by atoms with Gasteiger partial charge in [-0.15, -0.1) is 0 Å². The van der Waals surface area contributed by atoms with Crippen molar-refractivity contribution in [1.29, 1.82) is 0 Å². The van der Waals surface area contributed by atoms with Gasteiger partial charge in [0.15, 0.2) is 74.4 Å². The fraction of sp³-hybridized carbons (Fsp3) is 0.299. The fourth-order valence-electron chi connectivity index (χ4n) is 15.5. The zero-order valence-corrected chi connectivity index (χ0v) is 68.7. The third-order valence-electron chi connectivity index (χ3n) is 21.8. The Morgan fingerprint density at radius 3 is 0.961 bits per heavy atom. The lowest BCUT2D eigenvalue weighted by molar-refractivity contribution is -0.410. The summed E-state index contributed by atoms with van der Waals surface area (Å²) in [4.78, 5) is 124. The van der Waals surface area contributed by atoms with E-state index in [-0.39, 0.29) is 70.7 Å². The van der Waals surface area contributed by atoms with Crippen LogP contribution in [0.25, 0.3) is 10.4 Å². The summed E-state index contributed by atoms with van der Waals surface area (Å²) >= 11 is 0. The van der Waals surface area contributed by atoms with Gasteiger partial charge in [-0.1, -0.05) is 211 Å². The second-order valence-electron chi connectivity index (χ2n) is 30.3. The number of hydrogen-bond donors (Lipinski definition) is 1. The molecule has 2 unspecified atom stereocenters. The maximum absolute atomic E-state index is 15.7. The first-order chi connectivity index (χ1) is 63.2. The molecule has 664 valence electrons. The third kappa shape index (κ3) is 22.0. The van der Waals surface area contributed by atoms with Crippen LogP contribution in [0.2, 0.25) is 0 Å². The van der Waals surface area contributed by atoms with Gasteiger partial charge in [0.05, 0.1) is 64.3 Å². The quantitative estimate of drug-likeness (QED) is 0.0105. The zero-order chi connectivity index (χ0) is 89.0. The van der Waals surface area contributed by atoms with Gasteiger partial charge < -0.3 is 99.8 Å². The molecule has 0 spiro atoms. The van der Waals surface area contributed by atoms with E-state index in [1.807, 2.05) is 0 Å². The number of aliphatic hydroxyl groups excluding tert-OH is 1. The minimum Gasteiger partial charge on any atom is -0.459 e. The Morgan fingerprint density at radius 1 is 0.318 bits per heavy atom. The van der Waals surface area contributed by atoms with Crippen LogP contribution in [-0.4, -0.2) is 215 Å². The molecule has 0 radical (unpaired) electrons. The molecule has 0 aromatic heterocycles. The zero-order valence-electron chi connectivity index (χ0n) is 68.7.